The zero-order valence-corrected chi connectivity index (χ0v) is 84.4. The van der Waals surface area contributed by atoms with Gasteiger partial charge in [0, 0.05) is 67.8 Å². The van der Waals surface area contributed by atoms with Gasteiger partial charge in [0.15, 0.2) is 0 Å². The van der Waals surface area contributed by atoms with Gasteiger partial charge in [-0.25, -0.2) is 0 Å². The minimum Gasteiger partial charge on any atom is -0.311 e. The lowest BCUT2D eigenvalue weighted by Gasteiger charge is -2.45. The van der Waals surface area contributed by atoms with Crippen molar-refractivity contribution in [3.05, 3.63) is 364 Å². The maximum absolute atomic E-state index is 8.09. The SMILES string of the molecule is CC(C)(C)c1ccc(N(c2ccc(C(C)(C)C)cc2)c2cccc(N(c3ccc(C(C)(C)C)cc3)c3c(-c4cccc(C(C)(C)C)c4)cccc3-c3cccc(C(C)(C)C)c3)c2Cl)cc1.CC(C)(C)c1ccc(N2c3ccc(C(C)(C)C)cc3B3c4cc(C(C)(C)C)ccc4N(c4c(-c5cccc(C(C)(C)C)c5)cccc4-c4cccc(C(C)(C)C)c4)c4cccc2c43)cc1.[BH4-]. The topological polar surface area (TPSA) is 13.0 Å². The lowest BCUT2D eigenvalue weighted by Crippen LogP contribution is -2.61. The average molecular weight is 1750 g/mol. The van der Waals surface area contributed by atoms with E-state index in [-0.39, 0.29) is 69.3 Å². The van der Waals surface area contributed by atoms with Crippen molar-refractivity contribution in [2.45, 2.75) is 262 Å². The molecular weight excluding hydrogens is 1600 g/mol. The van der Waals surface area contributed by atoms with Crippen molar-refractivity contribution in [2.75, 3.05) is 19.6 Å². The van der Waals surface area contributed by atoms with Gasteiger partial charge in [-0.3, -0.25) is 0 Å². The van der Waals surface area contributed by atoms with E-state index in [0.29, 0.717) is 5.02 Å². The number of hydrogen-bond donors (Lipinski definition) is 0. The summed E-state index contributed by atoms with van der Waals surface area (Å²) >= 11 is 8.09. The van der Waals surface area contributed by atoms with Gasteiger partial charge in [0.05, 0.1) is 27.8 Å². The van der Waals surface area contributed by atoms with Crippen molar-refractivity contribution in [1.82, 2.24) is 0 Å². The molecule has 0 atom stereocenters. The first kappa shape index (κ1) is 95.8. The van der Waals surface area contributed by atoms with Gasteiger partial charge in [0.25, 0.3) is 6.71 Å². The summed E-state index contributed by atoms with van der Waals surface area (Å²) in [6, 6.07) is 115. The molecule has 0 radical (unpaired) electrons. The third-order valence-electron chi connectivity index (χ3n) is 26.8. The molecule has 14 aromatic carbocycles. The number of rotatable bonds is 12. The fourth-order valence-corrected chi connectivity index (χ4v) is 18.9. The Kier molecular flexibility index (Phi) is 25.8. The van der Waals surface area contributed by atoms with Gasteiger partial charge in [-0.05, 0) is 233 Å². The van der Waals surface area contributed by atoms with Gasteiger partial charge in [-0.1, -0.05) is 446 Å². The number of benzene rings is 14. The molecule has 16 rings (SSSR count). The second kappa shape index (κ2) is 35.3. The number of fused-ring (bicyclic) bond motifs is 4. The zero-order valence-electron chi connectivity index (χ0n) is 83.6. The lowest BCUT2D eigenvalue weighted by atomic mass is 9.33. The quantitative estimate of drug-likeness (QED) is 0.113. The van der Waals surface area contributed by atoms with Crippen molar-refractivity contribution < 1.29 is 0 Å². The van der Waals surface area contributed by atoms with Crippen molar-refractivity contribution in [2.24, 2.45) is 0 Å². The van der Waals surface area contributed by atoms with E-state index in [1.54, 1.807) is 0 Å². The van der Waals surface area contributed by atoms with E-state index in [4.69, 9.17) is 11.6 Å². The molecule has 0 amide bonds. The van der Waals surface area contributed by atoms with Crippen LogP contribution in [0.15, 0.2) is 303 Å². The number of halogens is 1. The van der Waals surface area contributed by atoms with Crippen LogP contribution in [-0.2, 0) is 54.1 Å². The summed E-state index contributed by atoms with van der Waals surface area (Å²) in [5, 5.41) is 0.653. The molecule has 0 spiro atoms. The largest absolute Gasteiger partial charge is 0.311 e. The van der Waals surface area contributed by atoms with Crippen LogP contribution in [0.1, 0.15) is 263 Å². The van der Waals surface area contributed by atoms with Crippen molar-refractivity contribution in [3.63, 3.8) is 0 Å². The minimum absolute atomic E-state index is 0. The average Bonchev–Trinajstić information content (AvgIpc) is 0.691. The number of para-hydroxylation sites is 2. The first-order chi connectivity index (χ1) is 60.7. The highest BCUT2D eigenvalue weighted by Gasteiger charge is 2.46. The van der Waals surface area contributed by atoms with Crippen LogP contribution in [0, 0.1) is 0 Å². The molecular formula is C124H144B2ClN4-. The van der Waals surface area contributed by atoms with Gasteiger partial charge in [0.1, 0.15) is 0 Å². The molecule has 0 aliphatic carbocycles. The highest BCUT2D eigenvalue weighted by Crippen LogP contribution is 2.56. The zero-order chi connectivity index (χ0) is 93.9. The maximum Gasteiger partial charge on any atom is 0.252 e. The predicted molar refractivity (Wildman–Crippen MR) is 581 cm³/mol. The van der Waals surface area contributed by atoms with Crippen LogP contribution in [0.4, 0.5) is 68.2 Å². The molecule has 0 saturated heterocycles. The highest BCUT2D eigenvalue weighted by atomic mass is 35.5. The first-order valence-electron chi connectivity index (χ1n) is 47.3. The summed E-state index contributed by atoms with van der Waals surface area (Å²) in [4.78, 5) is 9.93. The Balaban J connectivity index is 0.000000209. The summed E-state index contributed by atoms with van der Waals surface area (Å²) in [5.74, 6) is 0. The van der Waals surface area contributed by atoms with E-state index >= 15 is 0 Å². The fraction of sp³-hybridized carbons (Fsp3) is 0.323. The summed E-state index contributed by atoms with van der Waals surface area (Å²) in [5.41, 5.74) is 39.8. The third-order valence-corrected chi connectivity index (χ3v) is 27.2. The molecule has 0 fully saturated rings. The second-order valence-electron chi connectivity index (χ2n) is 47.1. The Morgan fingerprint density at radius 3 is 0.817 bits per heavy atom. The van der Waals surface area contributed by atoms with Crippen LogP contribution in [0.2, 0.25) is 5.02 Å². The van der Waals surface area contributed by atoms with E-state index in [1.807, 2.05) is 0 Å². The monoisotopic (exact) mass is 1750 g/mol. The number of hydrogen-bond acceptors (Lipinski definition) is 4. The molecule has 4 nitrogen and oxygen atoms in total. The van der Waals surface area contributed by atoms with E-state index in [1.165, 1.54) is 128 Å². The van der Waals surface area contributed by atoms with Gasteiger partial charge >= 0.3 is 0 Å². The molecule has 674 valence electrons. The number of nitrogens with zero attached hydrogens (tertiary/aromatic N) is 4. The maximum atomic E-state index is 8.09. The molecule has 2 heterocycles. The highest BCUT2D eigenvalue weighted by molar-refractivity contribution is 7.00. The van der Waals surface area contributed by atoms with Gasteiger partial charge in [-0.15, -0.1) is 0 Å². The molecule has 0 unspecified atom stereocenters. The predicted octanol–water partition coefficient (Wildman–Crippen LogP) is 33.2. The molecule has 2 aliphatic rings. The molecule has 0 aromatic heterocycles. The van der Waals surface area contributed by atoms with E-state index in [0.717, 1.165) is 56.4 Å². The van der Waals surface area contributed by atoms with Gasteiger partial charge in [0.2, 0.25) is 0 Å². The Morgan fingerprint density at radius 1 is 0.229 bits per heavy atom. The summed E-state index contributed by atoms with van der Waals surface area (Å²) < 4.78 is 0. The van der Waals surface area contributed by atoms with Crippen LogP contribution in [0.3, 0.4) is 0 Å². The normalized spacial score (nSPS) is 13.2. The summed E-state index contributed by atoms with van der Waals surface area (Å²) in [6.45, 7) is 69.0. The van der Waals surface area contributed by atoms with Crippen molar-refractivity contribution >= 4 is 111 Å². The summed E-state index contributed by atoms with van der Waals surface area (Å²) in [7, 11) is 0. The smallest absolute Gasteiger partial charge is 0.252 e. The molecule has 0 N–H and O–H groups in total. The third kappa shape index (κ3) is 19.7. The van der Waals surface area contributed by atoms with Crippen molar-refractivity contribution in [3.8, 4) is 44.5 Å². The number of anilines is 12. The molecule has 2 aliphatic heterocycles. The van der Waals surface area contributed by atoms with E-state index < -0.39 is 0 Å². The van der Waals surface area contributed by atoms with Crippen LogP contribution in [0.5, 0.6) is 0 Å². The Hall–Kier alpha value is -11.3. The Labute approximate surface area is 795 Å². The van der Waals surface area contributed by atoms with Gasteiger partial charge < -0.3 is 19.6 Å². The Bertz CT molecular complexity index is 6300. The minimum atomic E-state index is -0.0465. The molecule has 0 saturated carbocycles. The van der Waals surface area contributed by atoms with Crippen LogP contribution >= 0.6 is 11.6 Å². The Morgan fingerprint density at radius 2 is 0.481 bits per heavy atom. The molecule has 131 heavy (non-hydrogen) atoms. The lowest BCUT2D eigenvalue weighted by molar-refractivity contribution is 0.590. The fourth-order valence-electron chi connectivity index (χ4n) is 18.6. The van der Waals surface area contributed by atoms with Crippen LogP contribution < -0.4 is 36.0 Å². The van der Waals surface area contributed by atoms with Crippen molar-refractivity contribution in [1.29, 1.82) is 0 Å². The molecule has 0 bridgehead atoms. The van der Waals surface area contributed by atoms with Crippen LogP contribution in [0.25, 0.3) is 44.5 Å². The van der Waals surface area contributed by atoms with E-state index in [2.05, 4.69) is 531 Å². The van der Waals surface area contributed by atoms with Crippen LogP contribution in [-0.4, -0.2) is 15.1 Å². The molecule has 14 aromatic rings. The standard InChI is InChI=1S/C62H69BN2.C62H71ClN2.BH4/c1-58(2,3)42-28-32-47(33-29-42)64-52-34-30-45(61(10,11)12)38-50(52)63-51-39-46(62(13,14)15)31-35-53(51)65(55-27-19-26-54(64)56(55)63)57-48(40-20-16-22-43(36-40)59(4,5)6)24-18-25-49(57)41-21-17-23-44(37-41)60(7,8)9;1-58(2,3)44-28-34-49(35-29-44)64(50-36-30-45(31-37-50)59(4,5)6)54-26-19-27-55(56(54)63)65(51-38-32-46(33-39-51)60(7,8)9)57-52(42-20-16-22-47(40-42)61(10,11)12)24-18-25-53(57)43-21-17-23-48(41-43)62(13,14)15;/h16-39H,1-15H3;16-41H,1-15H3;1H4/q;;-1. The van der Waals surface area contributed by atoms with Gasteiger partial charge in [-0.2, -0.15) is 0 Å². The van der Waals surface area contributed by atoms with E-state index in [9.17, 15) is 0 Å². The first-order valence-corrected chi connectivity index (χ1v) is 47.6. The molecule has 7 heteroatoms. The summed E-state index contributed by atoms with van der Waals surface area (Å²) in [6.07, 6.45) is 0. The second-order valence-corrected chi connectivity index (χ2v) is 47.4.